The second-order valence-corrected chi connectivity index (χ2v) is 3.26. The molecule has 0 fully saturated rings. The molecule has 6 nitrogen and oxygen atoms in total. The fourth-order valence-electron chi connectivity index (χ4n) is 1.11. The van der Waals surface area contributed by atoms with Gasteiger partial charge in [0.1, 0.15) is 6.61 Å². The summed E-state index contributed by atoms with van der Waals surface area (Å²) in [7, 11) is 1.61. The lowest BCUT2D eigenvalue weighted by Gasteiger charge is -2.06. The maximum Gasteiger partial charge on any atom is 0.250 e. The molecule has 0 saturated carbocycles. The first-order valence-corrected chi connectivity index (χ1v) is 4.88. The minimum Gasteiger partial charge on any atom is -0.370 e. The van der Waals surface area contributed by atoms with Gasteiger partial charge in [-0.15, -0.1) is 0 Å². The Balaban J connectivity index is 2.50. The average Bonchev–Trinajstić information content (AvgIpc) is 2.24. The van der Waals surface area contributed by atoms with Crippen LogP contribution in [-0.4, -0.2) is 30.2 Å². The lowest BCUT2D eigenvalue weighted by Crippen LogP contribution is -2.22. The Morgan fingerprint density at radius 1 is 1.56 bits per heavy atom. The molecule has 6 heteroatoms. The number of hydrogen-bond acceptors (Lipinski definition) is 4. The third-order valence-corrected chi connectivity index (χ3v) is 1.86. The number of aromatic nitrogens is 1. The molecule has 0 aromatic carbocycles. The highest BCUT2D eigenvalue weighted by Crippen LogP contribution is 2.01. The van der Waals surface area contributed by atoms with E-state index in [0.29, 0.717) is 18.8 Å². The average molecular weight is 225 g/mol. The highest BCUT2D eigenvalue weighted by atomic mass is 16.5. The Labute approximate surface area is 93.0 Å². The topological polar surface area (TPSA) is 86.3 Å². The number of nitrogens with zero attached hydrogens (tertiary/aromatic N) is 1. The molecule has 3 N–H and O–H groups in total. The number of ether oxygens (including phenoxy) is 1. The van der Waals surface area contributed by atoms with Crippen molar-refractivity contribution in [1.29, 1.82) is 0 Å². The van der Waals surface area contributed by atoms with E-state index in [1.54, 1.807) is 19.3 Å². The molecule has 1 aromatic heterocycles. The Bertz CT molecular complexity index is 414. The summed E-state index contributed by atoms with van der Waals surface area (Å²) in [5, 5.41) is 2.60. The van der Waals surface area contributed by atoms with E-state index in [4.69, 9.17) is 10.5 Å². The third kappa shape index (κ3) is 3.84. The van der Waals surface area contributed by atoms with Gasteiger partial charge in [-0.2, -0.15) is 0 Å². The number of nitrogens with one attached hydrogen (secondary N) is 1. The van der Waals surface area contributed by atoms with Crippen LogP contribution >= 0.6 is 0 Å². The predicted molar refractivity (Wildman–Crippen MR) is 60.2 cm³/mol. The van der Waals surface area contributed by atoms with E-state index in [1.165, 1.54) is 10.6 Å². The zero-order chi connectivity index (χ0) is 12.0. The van der Waals surface area contributed by atoms with Crippen molar-refractivity contribution in [3.8, 4) is 0 Å². The van der Waals surface area contributed by atoms with E-state index in [2.05, 4.69) is 5.32 Å². The Morgan fingerprint density at radius 2 is 2.31 bits per heavy atom. The minimum absolute atomic E-state index is 0.0416. The molecular formula is C10H15N3O3. The Hall–Kier alpha value is -1.66. The highest BCUT2D eigenvalue weighted by molar-refractivity contribution is 5.91. The second kappa shape index (κ2) is 6.04. The number of rotatable bonds is 5. The fourth-order valence-corrected chi connectivity index (χ4v) is 1.11. The van der Waals surface area contributed by atoms with Gasteiger partial charge in [0.25, 0.3) is 0 Å². The van der Waals surface area contributed by atoms with Gasteiger partial charge in [-0.3, -0.25) is 9.59 Å². The molecule has 88 valence electrons. The van der Waals surface area contributed by atoms with Crippen LogP contribution in [-0.2, 0) is 16.6 Å². The summed E-state index contributed by atoms with van der Waals surface area (Å²) < 4.78 is 6.35. The zero-order valence-electron chi connectivity index (χ0n) is 9.10. The van der Waals surface area contributed by atoms with Crippen molar-refractivity contribution in [3.05, 3.63) is 28.7 Å². The molecule has 16 heavy (non-hydrogen) atoms. The van der Waals surface area contributed by atoms with Crippen molar-refractivity contribution in [2.24, 2.45) is 12.8 Å². The standard InChI is InChI=1S/C10H15N3O3/c1-13-6-8(2-3-10(13)15)12-9(14)7-16-5-4-11/h2-3,6H,4-5,7,11H2,1H3,(H,12,14). The summed E-state index contributed by atoms with van der Waals surface area (Å²) >= 11 is 0. The number of carbonyl (C=O) groups excluding carboxylic acids is 1. The molecule has 0 spiro atoms. The van der Waals surface area contributed by atoms with Gasteiger partial charge in [-0.1, -0.05) is 0 Å². The largest absolute Gasteiger partial charge is 0.370 e. The highest BCUT2D eigenvalue weighted by Gasteiger charge is 2.02. The van der Waals surface area contributed by atoms with Gasteiger partial charge in [0.15, 0.2) is 0 Å². The van der Waals surface area contributed by atoms with E-state index in [9.17, 15) is 9.59 Å². The van der Waals surface area contributed by atoms with Crippen LogP contribution < -0.4 is 16.6 Å². The van der Waals surface area contributed by atoms with Crippen LogP contribution in [0.15, 0.2) is 23.1 Å². The monoisotopic (exact) mass is 225 g/mol. The van der Waals surface area contributed by atoms with Crippen LogP contribution in [0.25, 0.3) is 0 Å². The van der Waals surface area contributed by atoms with Gasteiger partial charge in [-0.05, 0) is 6.07 Å². The van der Waals surface area contributed by atoms with E-state index < -0.39 is 0 Å². The SMILES string of the molecule is Cn1cc(NC(=O)COCCN)ccc1=O. The number of amides is 1. The van der Waals surface area contributed by atoms with Crippen molar-refractivity contribution in [1.82, 2.24) is 4.57 Å². The fraction of sp³-hybridized carbons (Fsp3) is 0.400. The molecular weight excluding hydrogens is 210 g/mol. The van der Waals surface area contributed by atoms with Crippen molar-refractivity contribution < 1.29 is 9.53 Å². The molecule has 0 atom stereocenters. The second-order valence-electron chi connectivity index (χ2n) is 3.26. The van der Waals surface area contributed by atoms with Crippen molar-refractivity contribution >= 4 is 11.6 Å². The third-order valence-electron chi connectivity index (χ3n) is 1.86. The quantitative estimate of drug-likeness (QED) is 0.649. The number of pyridine rings is 1. The summed E-state index contributed by atoms with van der Waals surface area (Å²) in [6.45, 7) is 0.688. The molecule has 1 amide bonds. The van der Waals surface area contributed by atoms with E-state index in [-0.39, 0.29) is 18.1 Å². The first-order valence-electron chi connectivity index (χ1n) is 4.88. The maximum atomic E-state index is 11.3. The van der Waals surface area contributed by atoms with Gasteiger partial charge < -0.3 is 20.4 Å². The lowest BCUT2D eigenvalue weighted by molar-refractivity contribution is -0.120. The lowest BCUT2D eigenvalue weighted by atomic mass is 10.4. The summed E-state index contributed by atoms with van der Waals surface area (Å²) in [6, 6.07) is 2.93. The predicted octanol–water partition coefficient (Wildman–Crippen LogP) is -0.701. The van der Waals surface area contributed by atoms with Crippen molar-refractivity contribution in [3.63, 3.8) is 0 Å². The molecule has 0 unspecified atom stereocenters. The molecule has 1 heterocycles. The van der Waals surface area contributed by atoms with Gasteiger partial charge in [0.05, 0.1) is 12.3 Å². The number of anilines is 1. The van der Waals surface area contributed by atoms with Crippen LogP contribution in [0, 0.1) is 0 Å². The number of aryl methyl sites for hydroxylation is 1. The normalized spacial score (nSPS) is 10.1. The van der Waals surface area contributed by atoms with E-state index in [1.807, 2.05) is 0 Å². The molecule has 0 aliphatic rings. The van der Waals surface area contributed by atoms with E-state index >= 15 is 0 Å². The first-order chi connectivity index (χ1) is 7.63. The van der Waals surface area contributed by atoms with Crippen molar-refractivity contribution in [2.75, 3.05) is 25.1 Å². The van der Waals surface area contributed by atoms with Gasteiger partial charge in [0, 0.05) is 25.9 Å². The molecule has 0 aliphatic carbocycles. The Kier molecular flexibility index (Phi) is 4.68. The molecule has 1 aromatic rings. The van der Waals surface area contributed by atoms with Gasteiger partial charge >= 0.3 is 0 Å². The first kappa shape index (κ1) is 12.4. The molecule has 0 saturated heterocycles. The van der Waals surface area contributed by atoms with Crippen LogP contribution in [0.3, 0.4) is 0 Å². The summed E-state index contributed by atoms with van der Waals surface area (Å²) in [5.41, 5.74) is 5.64. The van der Waals surface area contributed by atoms with Gasteiger partial charge in [-0.25, -0.2) is 0 Å². The maximum absolute atomic E-state index is 11.3. The molecule has 0 bridgehead atoms. The smallest absolute Gasteiger partial charge is 0.250 e. The number of hydrogen-bond donors (Lipinski definition) is 2. The van der Waals surface area contributed by atoms with Crippen LogP contribution in [0.1, 0.15) is 0 Å². The molecule has 0 radical (unpaired) electrons. The number of nitrogens with two attached hydrogens (primary N) is 1. The summed E-state index contributed by atoms with van der Waals surface area (Å²) in [5.74, 6) is -0.271. The van der Waals surface area contributed by atoms with Gasteiger partial charge in [0.2, 0.25) is 11.5 Å². The van der Waals surface area contributed by atoms with E-state index in [0.717, 1.165) is 0 Å². The van der Waals surface area contributed by atoms with Crippen LogP contribution in [0.5, 0.6) is 0 Å². The molecule has 1 rings (SSSR count). The molecule has 0 aliphatic heterocycles. The number of carbonyl (C=O) groups is 1. The Morgan fingerprint density at radius 3 is 2.94 bits per heavy atom. The van der Waals surface area contributed by atoms with Crippen molar-refractivity contribution in [2.45, 2.75) is 0 Å². The van der Waals surface area contributed by atoms with Crippen LogP contribution in [0.2, 0.25) is 0 Å². The zero-order valence-corrected chi connectivity index (χ0v) is 9.10. The summed E-state index contributed by atoms with van der Waals surface area (Å²) in [6.07, 6.45) is 1.54. The summed E-state index contributed by atoms with van der Waals surface area (Å²) in [4.78, 5) is 22.4. The van der Waals surface area contributed by atoms with Crippen LogP contribution in [0.4, 0.5) is 5.69 Å². The minimum atomic E-state index is -0.271.